The Labute approximate surface area is 147 Å². The third kappa shape index (κ3) is 3.81. The Morgan fingerprint density at radius 3 is 2.65 bits per heavy atom. The molecule has 1 aromatic heterocycles. The molecule has 1 aliphatic heterocycles. The lowest BCUT2D eigenvalue weighted by Crippen LogP contribution is -2.42. The van der Waals surface area contributed by atoms with E-state index < -0.39 is 18.5 Å². The van der Waals surface area contributed by atoms with Crippen LogP contribution in [0.3, 0.4) is 0 Å². The number of alkyl halides is 2. The highest BCUT2D eigenvalue weighted by atomic mass is 19.3. The van der Waals surface area contributed by atoms with Crippen LogP contribution in [0.2, 0.25) is 0 Å². The number of aliphatic carboxylic acids is 1. The minimum atomic E-state index is -2.96. The van der Waals surface area contributed by atoms with Gasteiger partial charge in [-0.25, -0.2) is 4.79 Å². The van der Waals surface area contributed by atoms with Crippen molar-refractivity contribution in [3.05, 3.63) is 30.5 Å². The highest BCUT2D eigenvalue weighted by Gasteiger charge is 2.27. The van der Waals surface area contributed by atoms with Crippen molar-refractivity contribution in [3.8, 4) is 5.75 Å². The first-order chi connectivity index (χ1) is 12.5. The monoisotopic (exact) mass is 365 g/mol. The molecular weight excluding hydrogens is 348 g/mol. The number of carboxylic acid groups (broad SMARTS) is 1. The van der Waals surface area contributed by atoms with Gasteiger partial charge in [0.05, 0.1) is 17.1 Å². The fourth-order valence-electron chi connectivity index (χ4n) is 2.97. The second-order valence-corrected chi connectivity index (χ2v) is 5.92. The number of amides is 2. The van der Waals surface area contributed by atoms with Crippen molar-refractivity contribution >= 4 is 28.6 Å². The van der Waals surface area contributed by atoms with Crippen molar-refractivity contribution in [2.45, 2.75) is 19.5 Å². The molecule has 1 fully saturated rings. The number of pyridine rings is 1. The number of carbonyl (C=O) groups is 2. The van der Waals surface area contributed by atoms with Crippen molar-refractivity contribution in [2.75, 3.05) is 18.4 Å². The standard InChI is InChI=1S/C17H17F2N3O4/c18-16(19)26-13-4-3-12(14-11(13)2-1-7-20-14)21-17(25)22-8-5-10(6-9-22)15(23)24/h1-4,7,10,16H,5-6,8-9H2,(H,21,25)(H,23,24). The maximum Gasteiger partial charge on any atom is 0.387 e. The fraction of sp³-hybridized carbons (Fsp3) is 0.353. The number of piperidine rings is 1. The Morgan fingerprint density at radius 1 is 1.27 bits per heavy atom. The van der Waals surface area contributed by atoms with Crippen LogP contribution in [0.1, 0.15) is 12.8 Å². The number of urea groups is 1. The number of carboxylic acids is 1. The summed E-state index contributed by atoms with van der Waals surface area (Å²) in [6.07, 6.45) is 2.27. The van der Waals surface area contributed by atoms with E-state index in [0.29, 0.717) is 42.5 Å². The Kier molecular flexibility index (Phi) is 5.15. The normalized spacial score (nSPS) is 15.3. The van der Waals surface area contributed by atoms with E-state index in [1.807, 2.05) is 0 Å². The van der Waals surface area contributed by atoms with E-state index in [1.54, 1.807) is 12.1 Å². The number of nitrogens with zero attached hydrogens (tertiary/aromatic N) is 2. The molecular formula is C17H17F2N3O4. The molecule has 0 saturated carbocycles. The van der Waals surface area contributed by atoms with E-state index in [0.717, 1.165) is 0 Å². The predicted molar refractivity (Wildman–Crippen MR) is 89.3 cm³/mol. The van der Waals surface area contributed by atoms with Crippen LogP contribution in [0.15, 0.2) is 30.5 Å². The minimum Gasteiger partial charge on any atom is -0.481 e. The molecule has 7 nitrogen and oxygen atoms in total. The molecule has 0 atom stereocenters. The molecule has 1 aromatic carbocycles. The highest BCUT2D eigenvalue weighted by Crippen LogP contribution is 2.31. The summed E-state index contributed by atoms with van der Waals surface area (Å²) in [7, 11) is 0. The van der Waals surface area contributed by atoms with Crippen LogP contribution in [0.4, 0.5) is 19.3 Å². The Hall–Kier alpha value is -2.97. The Balaban J connectivity index is 1.77. The van der Waals surface area contributed by atoms with Gasteiger partial charge in [-0.15, -0.1) is 0 Å². The van der Waals surface area contributed by atoms with Crippen LogP contribution >= 0.6 is 0 Å². The third-order valence-corrected chi connectivity index (χ3v) is 4.32. The molecule has 1 aliphatic rings. The molecule has 0 bridgehead atoms. The van der Waals surface area contributed by atoms with E-state index in [9.17, 15) is 18.4 Å². The van der Waals surface area contributed by atoms with Gasteiger partial charge in [0.15, 0.2) is 0 Å². The lowest BCUT2D eigenvalue weighted by atomic mass is 9.97. The number of fused-ring (bicyclic) bond motifs is 1. The average molecular weight is 365 g/mol. The van der Waals surface area contributed by atoms with Crippen molar-refractivity contribution in [1.82, 2.24) is 9.88 Å². The Bertz CT molecular complexity index is 823. The predicted octanol–water partition coefficient (Wildman–Crippen LogP) is 3.16. The lowest BCUT2D eigenvalue weighted by molar-refractivity contribution is -0.143. The number of ether oxygens (including phenoxy) is 1. The molecule has 0 unspecified atom stereocenters. The van der Waals surface area contributed by atoms with Gasteiger partial charge in [0.1, 0.15) is 5.75 Å². The first-order valence-electron chi connectivity index (χ1n) is 8.07. The SMILES string of the molecule is O=C(O)C1CCN(C(=O)Nc2ccc(OC(F)F)c3cccnc23)CC1. The second-order valence-electron chi connectivity index (χ2n) is 5.92. The van der Waals surface area contributed by atoms with E-state index in [-0.39, 0.29) is 11.8 Å². The van der Waals surface area contributed by atoms with Crippen LogP contribution in [-0.4, -0.2) is 46.7 Å². The number of halogens is 2. The molecule has 2 amide bonds. The molecule has 26 heavy (non-hydrogen) atoms. The third-order valence-electron chi connectivity index (χ3n) is 4.32. The van der Waals surface area contributed by atoms with Gasteiger partial charge in [0, 0.05) is 24.7 Å². The molecule has 2 N–H and O–H groups in total. The maximum absolute atomic E-state index is 12.5. The van der Waals surface area contributed by atoms with Crippen molar-refractivity contribution in [1.29, 1.82) is 0 Å². The van der Waals surface area contributed by atoms with Gasteiger partial charge in [-0.3, -0.25) is 9.78 Å². The summed E-state index contributed by atoms with van der Waals surface area (Å²) in [4.78, 5) is 29.1. The first kappa shape index (κ1) is 17.8. The fourth-order valence-corrected chi connectivity index (χ4v) is 2.97. The lowest BCUT2D eigenvalue weighted by Gasteiger charge is -2.30. The summed E-state index contributed by atoms with van der Waals surface area (Å²) < 4.78 is 29.5. The van der Waals surface area contributed by atoms with Crippen LogP contribution in [0.5, 0.6) is 5.75 Å². The van der Waals surface area contributed by atoms with Crippen LogP contribution < -0.4 is 10.1 Å². The maximum atomic E-state index is 12.5. The smallest absolute Gasteiger partial charge is 0.387 e. The minimum absolute atomic E-state index is 0.0247. The zero-order chi connectivity index (χ0) is 18.7. The molecule has 0 aliphatic carbocycles. The number of likely N-dealkylation sites (tertiary alicyclic amines) is 1. The van der Waals surface area contributed by atoms with E-state index in [4.69, 9.17) is 5.11 Å². The number of hydrogen-bond donors (Lipinski definition) is 2. The molecule has 1 saturated heterocycles. The number of aromatic nitrogens is 1. The van der Waals surface area contributed by atoms with Gasteiger partial charge in [-0.05, 0) is 37.1 Å². The van der Waals surface area contributed by atoms with Gasteiger partial charge in [-0.1, -0.05) is 0 Å². The number of anilines is 1. The Morgan fingerprint density at radius 2 is 2.00 bits per heavy atom. The summed E-state index contributed by atoms with van der Waals surface area (Å²) in [6.45, 7) is -2.30. The van der Waals surface area contributed by atoms with Gasteiger partial charge in [-0.2, -0.15) is 8.78 Å². The largest absolute Gasteiger partial charge is 0.481 e. The van der Waals surface area contributed by atoms with Crippen LogP contribution in [-0.2, 0) is 4.79 Å². The topological polar surface area (TPSA) is 91.8 Å². The van der Waals surface area contributed by atoms with Crippen molar-refractivity contribution in [2.24, 2.45) is 5.92 Å². The molecule has 0 spiro atoms. The van der Waals surface area contributed by atoms with Gasteiger partial charge in [0.2, 0.25) is 0 Å². The van der Waals surface area contributed by atoms with E-state index in [1.165, 1.54) is 23.2 Å². The summed E-state index contributed by atoms with van der Waals surface area (Å²) >= 11 is 0. The highest BCUT2D eigenvalue weighted by molar-refractivity contribution is 6.01. The summed E-state index contributed by atoms with van der Waals surface area (Å²) in [6, 6.07) is 5.58. The molecule has 2 heterocycles. The van der Waals surface area contributed by atoms with Crippen LogP contribution in [0, 0.1) is 5.92 Å². The molecule has 9 heteroatoms. The van der Waals surface area contributed by atoms with Gasteiger partial charge < -0.3 is 20.1 Å². The van der Waals surface area contributed by atoms with Gasteiger partial charge in [0.25, 0.3) is 0 Å². The summed E-state index contributed by atoms with van der Waals surface area (Å²) in [5, 5.41) is 12.1. The van der Waals surface area contributed by atoms with E-state index in [2.05, 4.69) is 15.0 Å². The molecule has 0 radical (unpaired) electrons. The summed E-state index contributed by atoms with van der Waals surface area (Å²) in [5.74, 6) is -1.31. The number of nitrogens with one attached hydrogen (secondary N) is 1. The van der Waals surface area contributed by atoms with Crippen molar-refractivity contribution < 1.29 is 28.2 Å². The molecule has 3 rings (SSSR count). The molecule has 2 aromatic rings. The average Bonchev–Trinajstić information content (AvgIpc) is 2.63. The number of benzene rings is 1. The zero-order valence-electron chi connectivity index (χ0n) is 13.7. The van der Waals surface area contributed by atoms with Gasteiger partial charge >= 0.3 is 18.6 Å². The van der Waals surface area contributed by atoms with Crippen molar-refractivity contribution in [3.63, 3.8) is 0 Å². The second kappa shape index (κ2) is 7.51. The first-order valence-corrected chi connectivity index (χ1v) is 8.07. The number of hydrogen-bond acceptors (Lipinski definition) is 4. The zero-order valence-corrected chi connectivity index (χ0v) is 13.7. The van der Waals surface area contributed by atoms with Crippen LogP contribution in [0.25, 0.3) is 10.9 Å². The number of rotatable bonds is 4. The van der Waals surface area contributed by atoms with E-state index >= 15 is 0 Å². The molecule has 138 valence electrons. The number of carbonyl (C=O) groups excluding carboxylic acids is 1. The quantitative estimate of drug-likeness (QED) is 0.868. The summed E-state index contributed by atoms with van der Waals surface area (Å²) in [5.41, 5.74) is 0.701.